The molecule has 1 amide bonds. The minimum Gasteiger partial charge on any atom is -0.350 e. The average Bonchev–Trinajstić information content (AvgIpc) is 2.99. The second-order valence-corrected chi connectivity index (χ2v) is 6.52. The molecule has 25 heavy (non-hydrogen) atoms. The molecule has 136 valence electrons. The predicted molar refractivity (Wildman–Crippen MR) is 101 cm³/mol. The summed E-state index contributed by atoms with van der Waals surface area (Å²) in [5.74, 6) is -0.165. The van der Waals surface area contributed by atoms with E-state index in [1.807, 2.05) is 35.9 Å². The smallest absolute Gasteiger partial charge is 0.273 e. The van der Waals surface area contributed by atoms with Crippen molar-refractivity contribution in [2.24, 2.45) is 0 Å². The van der Waals surface area contributed by atoms with Gasteiger partial charge >= 0.3 is 0 Å². The number of hydrogen-bond acceptors (Lipinski definition) is 4. The first-order valence-corrected chi connectivity index (χ1v) is 8.68. The van der Waals surface area contributed by atoms with Crippen molar-refractivity contribution in [3.05, 3.63) is 46.2 Å². The molecule has 0 radical (unpaired) electrons. The highest BCUT2D eigenvalue weighted by Crippen LogP contribution is 2.20. The van der Waals surface area contributed by atoms with Gasteiger partial charge in [-0.05, 0) is 57.0 Å². The second-order valence-electron chi connectivity index (χ2n) is 6.08. The van der Waals surface area contributed by atoms with E-state index >= 15 is 0 Å². The van der Waals surface area contributed by atoms with Crippen LogP contribution in [0, 0.1) is 6.92 Å². The SMILES string of the molecule is Cc1c(C(=O)NCCc2ccc(Cl)cc2)nnn1C1CCNCC1.Cl. The lowest BCUT2D eigenvalue weighted by Crippen LogP contribution is -2.30. The van der Waals surface area contributed by atoms with Gasteiger partial charge in [-0.1, -0.05) is 28.9 Å². The molecule has 0 unspecified atom stereocenters. The van der Waals surface area contributed by atoms with Crippen LogP contribution in [-0.4, -0.2) is 40.5 Å². The van der Waals surface area contributed by atoms with Gasteiger partial charge in [0.05, 0.1) is 11.7 Å². The quantitative estimate of drug-likeness (QED) is 0.831. The van der Waals surface area contributed by atoms with Gasteiger partial charge in [0.1, 0.15) is 0 Å². The van der Waals surface area contributed by atoms with Gasteiger partial charge in [0.15, 0.2) is 5.69 Å². The first-order valence-electron chi connectivity index (χ1n) is 8.30. The molecule has 0 saturated carbocycles. The molecule has 2 heterocycles. The number of piperidine rings is 1. The van der Waals surface area contributed by atoms with Crippen molar-refractivity contribution in [1.29, 1.82) is 0 Å². The molecular weight excluding hydrogens is 361 g/mol. The Morgan fingerprint density at radius 3 is 2.68 bits per heavy atom. The van der Waals surface area contributed by atoms with Crippen molar-refractivity contribution in [1.82, 2.24) is 25.6 Å². The minimum absolute atomic E-state index is 0. The Balaban J connectivity index is 0.00000225. The van der Waals surface area contributed by atoms with Crippen LogP contribution in [0.1, 0.15) is 40.6 Å². The molecule has 1 aromatic carbocycles. The number of hydrogen-bond donors (Lipinski definition) is 2. The normalized spacial score (nSPS) is 14.8. The van der Waals surface area contributed by atoms with Crippen LogP contribution in [0.2, 0.25) is 5.02 Å². The van der Waals surface area contributed by atoms with Crippen molar-refractivity contribution in [3.63, 3.8) is 0 Å². The van der Waals surface area contributed by atoms with E-state index in [9.17, 15) is 4.79 Å². The van der Waals surface area contributed by atoms with Crippen LogP contribution in [0.15, 0.2) is 24.3 Å². The zero-order chi connectivity index (χ0) is 16.9. The standard InChI is InChI=1S/C17H22ClN5O.ClH/c1-12-16(21-22-23(12)15-7-9-19-10-8-15)17(24)20-11-6-13-2-4-14(18)5-3-13;/h2-5,15,19H,6-11H2,1H3,(H,20,24);1H. The van der Waals surface area contributed by atoms with Crippen molar-refractivity contribution in [3.8, 4) is 0 Å². The number of carbonyl (C=O) groups is 1. The van der Waals surface area contributed by atoms with Crippen LogP contribution in [0.4, 0.5) is 0 Å². The number of rotatable bonds is 5. The van der Waals surface area contributed by atoms with E-state index in [2.05, 4.69) is 20.9 Å². The molecule has 2 aromatic rings. The highest BCUT2D eigenvalue weighted by Gasteiger charge is 2.22. The fourth-order valence-electron chi connectivity index (χ4n) is 3.00. The monoisotopic (exact) mass is 383 g/mol. The van der Waals surface area contributed by atoms with Gasteiger partial charge in [-0.25, -0.2) is 4.68 Å². The molecule has 1 saturated heterocycles. The second kappa shape index (κ2) is 9.17. The van der Waals surface area contributed by atoms with Crippen LogP contribution in [0.5, 0.6) is 0 Å². The average molecular weight is 384 g/mol. The maximum absolute atomic E-state index is 12.3. The fraction of sp³-hybridized carbons (Fsp3) is 0.471. The van der Waals surface area contributed by atoms with Gasteiger partial charge in [0, 0.05) is 11.6 Å². The Morgan fingerprint density at radius 2 is 2.00 bits per heavy atom. The number of halogens is 2. The van der Waals surface area contributed by atoms with Crippen molar-refractivity contribution >= 4 is 29.9 Å². The Labute approximate surface area is 158 Å². The van der Waals surface area contributed by atoms with Gasteiger partial charge < -0.3 is 10.6 Å². The van der Waals surface area contributed by atoms with Crippen LogP contribution in [0.3, 0.4) is 0 Å². The molecule has 0 atom stereocenters. The molecule has 6 nitrogen and oxygen atoms in total. The summed E-state index contributed by atoms with van der Waals surface area (Å²) in [6.45, 7) is 4.43. The zero-order valence-electron chi connectivity index (χ0n) is 14.2. The fourth-order valence-corrected chi connectivity index (χ4v) is 3.13. The highest BCUT2D eigenvalue weighted by atomic mass is 35.5. The largest absolute Gasteiger partial charge is 0.350 e. The van der Waals surface area contributed by atoms with Crippen molar-refractivity contribution in [2.45, 2.75) is 32.2 Å². The molecule has 0 aliphatic carbocycles. The number of aromatic nitrogens is 3. The lowest BCUT2D eigenvalue weighted by atomic mass is 10.1. The molecule has 3 rings (SSSR count). The summed E-state index contributed by atoms with van der Waals surface area (Å²) in [5, 5.41) is 15.3. The van der Waals surface area contributed by atoms with E-state index in [0.717, 1.165) is 43.6 Å². The van der Waals surface area contributed by atoms with E-state index in [4.69, 9.17) is 11.6 Å². The maximum atomic E-state index is 12.3. The summed E-state index contributed by atoms with van der Waals surface area (Å²) in [5.41, 5.74) is 2.39. The van der Waals surface area contributed by atoms with E-state index in [0.29, 0.717) is 23.3 Å². The van der Waals surface area contributed by atoms with Crippen LogP contribution in [0.25, 0.3) is 0 Å². The summed E-state index contributed by atoms with van der Waals surface area (Å²) in [7, 11) is 0. The molecule has 1 aliphatic heterocycles. The summed E-state index contributed by atoms with van der Waals surface area (Å²) in [6, 6.07) is 7.97. The molecule has 1 fully saturated rings. The van der Waals surface area contributed by atoms with Gasteiger partial charge in [-0.2, -0.15) is 0 Å². The summed E-state index contributed by atoms with van der Waals surface area (Å²) in [4.78, 5) is 12.3. The minimum atomic E-state index is -0.165. The van der Waals surface area contributed by atoms with E-state index < -0.39 is 0 Å². The van der Waals surface area contributed by atoms with E-state index in [1.165, 1.54) is 0 Å². The molecule has 2 N–H and O–H groups in total. The Morgan fingerprint density at radius 1 is 1.32 bits per heavy atom. The van der Waals surface area contributed by atoms with Gasteiger partial charge in [-0.3, -0.25) is 4.79 Å². The molecule has 8 heteroatoms. The summed E-state index contributed by atoms with van der Waals surface area (Å²) >= 11 is 5.87. The molecule has 0 bridgehead atoms. The first-order chi connectivity index (χ1) is 11.6. The third kappa shape index (κ3) is 4.93. The third-order valence-electron chi connectivity index (χ3n) is 4.41. The third-order valence-corrected chi connectivity index (χ3v) is 4.66. The lowest BCUT2D eigenvalue weighted by Gasteiger charge is -2.23. The number of carbonyl (C=O) groups excluding carboxylic acids is 1. The van der Waals surface area contributed by atoms with Crippen molar-refractivity contribution < 1.29 is 4.79 Å². The Kier molecular flexibility index (Phi) is 7.23. The summed E-state index contributed by atoms with van der Waals surface area (Å²) < 4.78 is 1.90. The molecular formula is C17H23Cl2N5O. The van der Waals surface area contributed by atoms with Gasteiger partial charge in [-0.15, -0.1) is 17.5 Å². The van der Waals surface area contributed by atoms with E-state index in [-0.39, 0.29) is 18.3 Å². The van der Waals surface area contributed by atoms with Gasteiger partial charge in [0.2, 0.25) is 0 Å². The highest BCUT2D eigenvalue weighted by molar-refractivity contribution is 6.30. The molecule has 0 spiro atoms. The Bertz CT molecular complexity index is 696. The number of nitrogens with one attached hydrogen (secondary N) is 2. The van der Waals surface area contributed by atoms with Crippen LogP contribution >= 0.6 is 24.0 Å². The number of amides is 1. The van der Waals surface area contributed by atoms with E-state index in [1.54, 1.807) is 0 Å². The lowest BCUT2D eigenvalue weighted by molar-refractivity contribution is 0.0948. The Hall–Kier alpha value is -1.63. The predicted octanol–water partition coefficient (Wildman–Crippen LogP) is 2.56. The number of nitrogens with zero attached hydrogens (tertiary/aromatic N) is 3. The number of benzene rings is 1. The summed E-state index contributed by atoms with van der Waals surface area (Å²) in [6.07, 6.45) is 2.79. The molecule has 1 aliphatic rings. The van der Waals surface area contributed by atoms with Crippen LogP contribution in [-0.2, 0) is 6.42 Å². The zero-order valence-corrected chi connectivity index (χ0v) is 15.7. The first kappa shape index (κ1) is 19.7. The van der Waals surface area contributed by atoms with Crippen LogP contribution < -0.4 is 10.6 Å². The van der Waals surface area contributed by atoms with Crippen molar-refractivity contribution in [2.75, 3.05) is 19.6 Å². The topological polar surface area (TPSA) is 71.8 Å². The van der Waals surface area contributed by atoms with Gasteiger partial charge in [0.25, 0.3) is 5.91 Å². The maximum Gasteiger partial charge on any atom is 0.273 e. The molecule has 1 aromatic heterocycles.